The van der Waals surface area contributed by atoms with Gasteiger partial charge in [0.05, 0.1) is 0 Å². The second-order valence-electron chi connectivity index (χ2n) is 5.39. The van der Waals surface area contributed by atoms with Crippen molar-refractivity contribution in [3.8, 4) is 0 Å². The fourth-order valence-corrected chi connectivity index (χ4v) is 2.37. The van der Waals surface area contributed by atoms with Crippen LogP contribution in [0.1, 0.15) is 25.1 Å². The Kier molecular flexibility index (Phi) is 7.24. The Hall–Kier alpha value is -0.740. The summed E-state index contributed by atoms with van der Waals surface area (Å²) in [6, 6.07) is 2.19. The first-order valence-corrected chi connectivity index (χ1v) is 8.30. The number of anilines is 1. The molecule has 0 spiro atoms. The van der Waals surface area contributed by atoms with Crippen molar-refractivity contribution in [1.29, 1.82) is 0 Å². The third kappa shape index (κ3) is 5.83. The molecule has 108 valence electrons. The van der Waals surface area contributed by atoms with Crippen LogP contribution in [-0.2, 0) is 6.54 Å². The van der Waals surface area contributed by atoms with Gasteiger partial charge in [0.1, 0.15) is 0 Å². The van der Waals surface area contributed by atoms with Gasteiger partial charge in [0.25, 0.3) is 0 Å². The lowest BCUT2D eigenvalue weighted by atomic mass is 10.1. The van der Waals surface area contributed by atoms with E-state index in [0.29, 0.717) is 5.92 Å². The number of rotatable bonds is 8. The summed E-state index contributed by atoms with van der Waals surface area (Å²) in [5.74, 6) is 1.83. The van der Waals surface area contributed by atoms with E-state index in [4.69, 9.17) is 0 Å². The molecule has 0 unspecified atom stereocenters. The van der Waals surface area contributed by atoms with Gasteiger partial charge in [0.15, 0.2) is 0 Å². The number of aryl methyl sites for hydroxylation is 1. The van der Waals surface area contributed by atoms with E-state index >= 15 is 0 Å². The van der Waals surface area contributed by atoms with Crippen LogP contribution in [0.4, 0.5) is 5.69 Å². The van der Waals surface area contributed by atoms with Crippen molar-refractivity contribution in [2.24, 2.45) is 5.92 Å². The summed E-state index contributed by atoms with van der Waals surface area (Å²) in [6.07, 6.45) is 4.16. The van der Waals surface area contributed by atoms with Gasteiger partial charge in [0.2, 0.25) is 0 Å². The van der Waals surface area contributed by atoms with Gasteiger partial charge in [-0.25, -0.2) is 0 Å². The summed E-state index contributed by atoms with van der Waals surface area (Å²) in [6.45, 7) is 9.52. The Morgan fingerprint density at radius 2 is 2.16 bits per heavy atom. The molecule has 0 aliphatic heterocycles. The molecular weight excluding hydrogens is 254 g/mol. The van der Waals surface area contributed by atoms with Crippen molar-refractivity contribution in [3.63, 3.8) is 0 Å². The lowest BCUT2D eigenvalue weighted by Gasteiger charge is -2.23. The van der Waals surface area contributed by atoms with Gasteiger partial charge in [0, 0.05) is 49.0 Å². The number of nitrogens with zero attached hydrogens (tertiary/aromatic N) is 2. The average molecular weight is 281 g/mol. The summed E-state index contributed by atoms with van der Waals surface area (Å²) >= 11 is 1.88. The van der Waals surface area contributed by atoms with Crippen molar-refractivity contribution >= 4 is 17.4 Å². The molecule has 0 saturated heterocycles. The zero-order valence-electron chi connectivity index (χ0n) is 12.9. The largest absolute Gasteiger partial charge is 0.373 e. The van der Waals surface area contributed by atoms with Crippen LogP contribution in [0.2, 0.25) is 0 Å². The van der Waals surface area contributed by atoms with E-state index in [-0.39, 0.29) is 0 Å². The van der Waals surface area contributed by atoms with Gasteiger partial charge in [-0.05, 0) is 31.7 Å². The van der Waals surface area contributed by atoms with Crippen LogP contribution in [0.3, 0.4) is 0 Å². The third-order valence-corrected chi connectivity index (χ3v) is 3.60. The van der Waals surface area contributed by atoms with E-state index in [9.17, 15) is 0 Å². The number of hydrogen-bond acceptors (Lipinski definition) is 4. The van der Waals surface area contributed by atoms with E-state index in [2.05, 4.69) is 55.3 Å². The van der Waals surface area contributed by atoms with Gasteiger partial charge >= 0.3 is 0 Å². The molecule has 3 nitrogen and oxygen atoms in total. The summed E-state index contributed by atoms with van der Waals surface area (Å²) in [7, 11) is 2.16. The van der Waals surface area contributed by atoms with Gasteiger partial charge in [-0.1, -0.05) is 13.8 Å². The Labute approximate surface area is 122 Å². The second kappa shape index (κ2) is 8.43. The molecule has 0 aromatic carbocycles. The molecule has 0 aliphatic rings. The first kappa shape index (κ1) is 16.3. The molecule has 4 heteroatoms. The van der Waals surface area contributed by atoms with Crippen LogP contribution >= 0.6 is 11.8 Å². The van der Waals surface area contributed by atoms with Crippen LogP contribution in [0.5, 0.6) is 0 Å². The van der Waals surface area contributed by atoms with Gasteiger partial charge in [-0.3, -0.25) is 4.98 Å². The highest BCUT2D eigenvalue weighted by molar-refractivity contribution is 7.98. The van der Waals surface area contributed by atoms with Crippen molar-refractivity contribution < 1.29 is 0 Å². The highest BCUT2D eigenvalue weighted by Gasteiger charge is 2.08. The number of thioether (sulfide) groups is 1. The predicted molar refractivity (Wildman–Crippen MR) is 87.2 cm³/mol. The monoisotopic (exact) mass is 281 g/mol. The number of aromatic nitrogens is 1. The molecular formula is C15H27N3S. The van der Waals surface area contributed by atoms with Crippen LogP contribution in [0, 0.1) is 12.8 Å². The maximum Gasteiger partial charge on any atom is 0.0443 e. The summed E-state index contributed by atoms with van der Waals surface area (Å²) in [5, 5.41) is 3.50. The van der Waals surface area contributed by atoms with E-state index < -0.39 is 0 Å². The number of pyridine rings is 1. The molecule has 1 rings (SSSR count). The SMILES string of the molecule is CSCCN(C)c1cc(C)ncc1CNCC(C)C. The lowest BCUT2D eigenvalue weighted by Crippen LogP contribution is -2.25. The predicted octanol–water partition coefficient (Wildman–Crippen LogP) is 2.93. The first-order chi connectivity index (χ1) is 9.04. The van der Waals surface area contributed by atoms with Crippen LogP contribution < -0.4 is 10.2 Å². The van der Waals surface area contributed by atoms with Gasteiger partial charge in [-0.15, -0.1) is 0 Å². The molecule has 0 aliphatic carbocycles. The van der Waals surface area contributed by atoms with E-state index in [1.165, 1.54) is 11.3 Å². The highest BCUT2D eigenvalue weighted by Crippen LogP contribution is 2.20. The first-order valence-electron chi connectivity index (χ1n) is 6.91. The minimum atomic E-state index is 0.677. The zero-order chi connectivity index (χ0) is 14.3. The Balaban J connectivity index is 2.73. The summed E-state index contributed by atoms with van der Waals surface area (Å²) in [4.78, 5) is 6.76. The maximum atomic E-state index is 4.43. The molecule has 1 N–H and O–H groups in total. The third-order valence-electron chi connectivity index (χ3n) is 3.01. The molecule has 0 bridgehead atoms. The molecule has 0 saturated carbocycles. The minimum absolute atomic E-state index is 0.677. The van der Waals surface area contributed by atoms with Crippen molar-refractivity contribution in [3.05, 3.63) is 23.5 Å². The number of nitrogens with one attached hydrogen (secondary N) is 1. The quantitative estimate of drug-likeness (QED) is 0.793. The fraction of sp³-hybridized carbons (Fsp3) is 0.667. The standard InChI is InChI=1S/C15H27N3S/c1-12(2)9-16-10-14-11-17-13(3)8-15(14)18(4)6-7-19-5/h8,11-12,16H,6-7,9-10H2,1-5H3. The Morgan fingerprint density at radius 1 is 1.42 bits per heavy atom. The Bertz CT molecular complexity index is 380. The lowest BCUT2D eigenvalue weighted by molar-refractivity contribution is 0.551. The van der Waals surface area contributed by atoms with Crippen LogP contribution in [-0.4, -0.2) is 37.1 Å². The maximum absolute atomic E-state index is 4.43. The summed E-state index contributed by atoms with van der Waals surface area (Å²) < 4.78 is 0. The second-order valence-corrected chi connectivity index (χ2v) is 6.38. The van der Waals surface area contributed by atoms with Gasteiger partial charge < -0.3 is 10.2 Å². The van der Waals surface area contributed by atoms with Crippen molar-refractivity contribution in [2.75, 3.05) is 37.0 Å². The zero-order valence-corrected chi connectivity index (χ0v) is 13.7. The van der Waals surface area contributed by atoms with E-state index in [1.807, 2.05) is 18.0 Å². The average Bonchev–Trinajstić information content (AvgIpc) is 2.37. The molecule has 1 aromatic heterocycles. The van der Waals surface area contributed by atoms with Crippen LogP contribution in [0.15, 0.2) is 12.3 Å². The molecule has 0 amide bonds. The van der Waals surface area contributed by atoms with Crippen LogP contribution in [0.25, 0.3) is 0 Å². The summed E-state index contributed by atoms with van der Waals surface area (Å²) in [5.41, 5.74) is 3.67. The van der Waals surface area contributed by atoms with Crippen molar-refractivity contribution in [1.82, 2.24) is 10.3 Å². The number of hydrogen-bond donors (Lipinski definition) is 1. The fourth-order valence-electron chi connectivity index (χ4n) is 1.91. The minimum Gasteiger partial charge on any atom is -0.373 e. The molecule has 0 fully saturated rings. The molecule has 19 heavy (non-hydrogen) atoms. The Morgan fingerprint density at radius 3 is 2.79 bits per heavy atom. The normalized spacial score (nSPS) is 11.1. The van der Waals surface area contributed by atoms with Crippen molar-refractivity contribution in [2.45, 2.75) is 27.3 Å². The van der Waals surface area contributed by atoms with E-state index in [1.54, 1.807) is 0 Å². The highest BCUT2D eigenvalue weighted by atomic mass is 32.2. The topological polar surface area (TPSA) is 28.2 Å². The molecule has 0 radical (unpaired) electrons. The van der Waals surface area contributed by atoms with E-state index in [0.717, 1.165) is 31.1 Å². The molecule has 1 heterocycles. The molecule has 0 atom stereocenters. The van der Waals surface area contributed by atoms with Gasteiger partial charge in [-0.2, -0.15) is 11.8 Å². The smallest absolute Gasteiger partial charge is 0.0443 e. The molecule has 1 aromatic rings.